The third-order valence-electron chi connectivity index (χ3n) is 2.98. The Morgan fingerprint density at radius 1 is 1.17 bits per heavy atom. The number of fused-ring (bicyclic) bond motifs is 1. The van der Waals surface area contributed by atoms with Crippen LogP contribution < -0.4 is 5.73 Å². The van der Waals surface area contributed by atoms with Crippen LogP contribution in [0.3, 0.4) is 0 Å². The van der Waals surface area contributed by atoms with E-state index < -0.39 is 0 Å². The van der Waals surface area contributed by atoms with Crippen LogP contribution in [0.25, 0.3) is 20.7 Å². The SMILES string of the molecule is Cc1ccc2sc(-c3ccc(CN)cn3)cc2c1. The summed E-state index contributed by atoms with van der Waals surface area (Å²) < 4.78 is 1.31. The Balaban J connectivity index is 2.07. The second-order valence-electron chi connectivity index (χ2n) is 4.41. The molecule has 2 N–H and O–H groups in total. The van der Waals surface area contributed by atoms with Crippen LogP contribution in [-0.2, 0) is 6.54 Å². The molecule has 2 aromatic heterocycles. The van der Waals surface area contributed by atoms with Crippen molar-refractivity contribution in [3.8, 4) is 10.6 Å². The van der Waals surface area contributed by atoms with Crippen molar-refractivity contribution in [3.63, 3.8) is 0 Å². The van der Waals surface area contributed by atoms with Gasteiger partial charge in [0.25, 0.3) is 0 Å². The van der Waals surface area contributed by atoms with E-state index in [0.717, 1.165) is 11.3 Å². The lowest BCUT2D eigenvalue weighted by Crippen LogP contribution is -1.96. The Hall–Kier alpha value is -1.71. The van der Waals surface area contributed by atoms with Gasteiger partial charge in [0.2, 0.25) is 0 Å². The number of pyridine rings is 1. The minimum Gasteiger partial charge on any atom is -0.326 e. The Labute approximate surface area is 110 Å². The van der Waals surface area contributed by atoms with E-state index in [-0.39, 0.29) is 0 Å². The maximum atomic E-state index is 5.58. The van der Waals surface area contributed by atoms with Crippen molar-refractivity contribution < 1.29 is 0 Å². The van der Waals surface area contributed by atoms with Gasteiger partial charge in [-0.2, -0.15) is 0 Å². The predicted molar refractivity (Wildman–Crippen MR) is 77.7 cm³/mol. The van der Waals surface area contributed by atoms with E-state index in [2.05, 4.69) is 36.2 Å². The first kappa shape index (κ1) is 11.4. The number of hydrogen-bond donors (Lipinski definition) is 1. The molecule has 0 spiro atoms. The molecule has 18 heavy (non-hydrogen) atoms. The molecule has 3 rings (SSSR count). The molecule has 0 amide bonds. The molecule has 0 radical (unpaired) electrons. The quantitative estimate of drug-likeness (QED) is 0.756. The van der Waals surface area contributed by atoms with Crippen LogP contribution in [0.15, 0.2) is 42.6 Å². The normalized spacial score (nSPS) is 11.0. The molecule has 0 fully saturated rings. The van der Waals surface area contributed by atoms with Crippen LogP contribution in [0.2, 0.25) is 0 Å². The van der Waals surface area contributed by atoms with E-state index in [0.29, 0.717) is 6.54 Å². The van der Waals surface area contributed by atoms with Crippen molar-refractivity contribution >= 4 is 21.4 Å². The zero-order valence-corrected chi connectivity index (χ0v) is 11.0. The first-order chi connectivity index (χ1) is 8.76. The van der Waals surface area contributed by atoms with Crippen molar-refractivity contribution in [2.45, 2.75) is 13.5 Å². The summed E-state index contributed by atoms with van der Waals surface area (Å²) in [5.41, 5.74) is 8.95. The van der Waals surface area contributed by atoms with E-state index in [1.807, 2.05) is 18.3 Å². The van der Waals surface area contributed by atoms with E-state index >= 15 is 0 Å². The molecule has 0 bridgehead atoms. The van der Waals surface area contributed by atoms with Gasteiger partial charge in [-0.1, -0.05) is 23.8 Å². The summed E-state index contributed by atoms with van der Waals surface area (Å²) >= 11 is 1.78. The van der Waals surface area contributed by atoms with Crippen LogP contribution >= 0.6 is 11.3 Å². The molecule has 0 saturated carbocycles. The smallest absolute Gasteiger partial charge is 0.0802 e. The Bertz CT molecular complexity index is 683. The molecule has 2 heterocycles. The minimum absolute atomic E-state index is 0.541. The first-order valence-corrected chi connectivity index (χ1v) is 6.73. The lowest BCUT2D eigenvalue weighted by Gasteiger charge is -1.98. The molecule has 3 aromatic rings. The second-order valence-corrected chi connectivity index (χ2v) is 5.49. The molecule has 3 heteroatoms. The molecule has 0 aliphatic carbocycles. The van der Waals surface area contributed by atoms with Gasteiger partial charge in [0, 0.05) is 17.4 Å². The number of nitrogens with zero attached hydrogens (tertiary/aromatic N) is 1. The molecular formula is C15H14N2S. The van der Waals surface area contributed by atoms with Crippen molar-refractivity contribution in [2.24, 2.45) is 5.73 Å². The van der Waals surface area contributed by atoms with Gasteiger partial charge in [-0.05, 0) is 36.1 Å². The number of aromatic nitrogens is 1. The van der Waals surface area contributed by atoms with E-state index in [1.54, 1.807) is 11.3 Å². The number of rotatable bonds is 2. The van der Waals surface area contributed by atoms with E-state index in [9.17, 15) is 0 Å². The predicted octanol–water partition coefficient (Wildman–Crippen LogP) is 3.73. The number of hydrogen-bond acceptors (Lipinski definition) is 3. The fourth-order valence-corrected chi connectivity index (χ4v) is 3.00. The van der Waals surface area contributed by atoms with Crippen LogP contribution in [0.4, 0.5) is 0 Å². The lowest BCUT2D eigenvalue weighted by atomic mass is 10.1. The highest BCUT2D eigenvalue weighted by Gasteiger charge is 2.05. The Kier molecular flexibility index (Phi) is 2.86. The van der Waals surface area contributed by atoms with Gasteiger partial charge in [-0.15, -0.1) is 11.3 Å². The number of thiophene rings is 1. The molecule has 1 aromatic carbocycles. The Morgan fingerprint density at radius 3 is 2.78 bits per heavy atom. The second kappa shape index (κ2) is 4.52. The first-order valence-electron chi connectivity index (χ1n) is 5.92. The van der Waals surface area contributed by atoms with Crippen molar-refractivity contribution in [3.05, 3.63) is 53.7 Å². The monoisotopic (exact) mass is 254 g/mol. The maximum Gasteiger partial charge on any atom is 0.0802 e. The molecule has 0 unspecified atom stereocenters. The van der Waals surface area contributed by atoms with Crippen LogP contribution in [0, 0.1) is 6.92 Å². The average molecular weight is 254 g/mol. The molecule has 2 nitrogen and oxygen atoms in total. The topological polar surface area (TPSA) is 38.9 Å². The lowest BCUT2D eigenvalue weighted by molar-refractivity contribution is 1.05. The zero-order chi connectivity index (χ0) is 12.5. The summed E-state index contributed by atoms with van der Waals surface area (Å²) in [4.78, 5) is 5.68. The largest absolute Gasteiger partial charge is 0.326 e. The summed E-state index contributed by atoms with van der Waals surface area (Å²) in [7, 11) is 0. The fourth-order valence-electron chi connectivity index (χ4n) is 1.98. The van der Waals surface area contributed by atoms with Crippen molar-refractivity contribution in [2.75, 3.05) is 0 Å². The van der Waals surface area contributed by atoms with Crippen molar-refractivity contribution in [1.82, 2.24) is 4.98 Å². The number of nitrogens with two attached hydrogens (primary N) is 1. The molecule has 0 saturated heterocycles. The fraction of sp³-hybridized carbons (Fsp3) is 0.133. The minimum atomic E-state index is 0.541. The van der Waals surface area contributed by atoms with Gasteiger partial charge in [0.15, 0.2) is 0 Å². The van der Waals surface area contributed by atoms with Gasteiger partial charge in [-0.3, -0.25) is 4.98 Å². The molecule has 90 valence electrons. The zero-order valence-electron chi connectivity index (χ0n) is 10.2. The van der Waals surface area contributed by atoms with Gasteiger partial charge >= 0.3 is 0 Å². The summed E-state index contributed by atoms with van der Waals surface area (Å²) in [5.74, 6) is 0. The van der Waals surface area contributed by atoms with Gasteiger partial charge < -0.3 is 5.73 Å². The summed E-state index contributed by atoms with van der Waals surface area (Å²) in [6, 6.07) is 12.8. The molecule has 0 atom stereocenters. The van der Waals surface area contributed by atoms with Crippen molar-refractivity contribution in [1.29, 1.82) is 0 Å². The van der Waals surface area contributed by atoms with Crippen LogP contribution in [0.5, 0.6) is 0 Å². The number of aryl methyl sites for hydroxylation is 1. The van der Waals surface area contributed by atoms with Gasteiger partial charge in [-0.25, -0.2) is 0 Å². The van der Waals surface area contributed by atoms with E-state index in [4.69, 9.17) is 5.73 Å². The van der Waals surface area contributed by atoms with Crippen LogP contribution in [-0.4, -0.2) is 4.98 Å². The van der Waals surface area contributed by atoms with E-state index in [1.165, 1.54) is 20.5 Å². The van der Waals surface area contributed by atoms with Gasteiger partial charge in [0.05, 0.1) is 10.6 Å². The Morgan fingerprint density at radius 2 is 2.06 bits per heavy atom. The highest BCUT2D eigenvalue weighted by atomic mass is 32.1. The summed E-state index contributed by atoms with van der Waals surface area (Å²) in [6.45, 7) is 2.66. The highest BCUT2D eigenvalue weighted by molar-refractivity contribution is 7.22. The third kappa shape index (κ3) is 2.03. The summed E-state index contributed by atoms with van der Waals surface area (Å²) in [5, 5.41) is 1.29. The molecule has 0 aliphatic heterocycles. The summed E-state index contributed by atoms with van der Waals surface area (Å²) in [6.07, 6.45) is 1.85. The molecular weight excluding hydrogens is 240 g/mol. The molecule has 0 aliphatic rings. The number of benzene rings is 1. The van der Waals surface area contributed by atoms with Gasteiger partial charge in [0.1, 0.15) is 0 Å². The maximum absolute atomic E-state index is 5.58. The van der Waals surface area contributed by atoms with Crippen LogP contribution in [0.1, 0.15) is 11.1 Å². The average Bonchev–Trinajstić information content (AvgIpc) is 2.81. The third-order valence-corrected chi connectivity index (χ3v) is 4.12. The highest BCUT2D eigenvalue weighted by Crippen LogP contribution is 2.32. The standard InChI is InChI=1S/C15H14N2S/c1-10-2-5-14-12(6-10)7-15(18-14)13-4-3-11(8-16)9-17-13/h2-7,9H,8,16H2,1H3.